The highest BCUT2D eigenvalue weighted by molar-refractivity contribution is 5.89. The zero-order chi connectivity index (χ0) is 33.5. The summed E-state index contributed by atoms with van der Waals surface area (Å²) in [6.07, 6.45) is -5.12. The van der Waals surface area contributed by atoms with Crippen LogP contribution in [0.4, 0.5) is 0 Å². The summed E-state index contributed by atoms with van der Waals surface area (Å²) < 4.78 is 36.7. The standard InChI is InChI=1S/C33H44O12/c1-9-18(2)28(37)44-27-24(41-20(4)35)16-31(8,39)33-26(42-21(5)36)23(30(6,7)45-33)15-25(32(27,33)17-40-19(3)34)43-29(38)22-13-11-10-12-14-22/h10-14,18,23-27,39H,9,15-17H2,1-8H3/t18?,23-,24+,25+,26-,27+,31+,32-,33+/m1/s1. The Kier molecular flexibility index (Phi) is 9.43. The van der Waals surface area contributed by atoms with Crippen molar-refractivity contribution in [3.63, 3.8) is 0 Å². The fourth-order valence-electron chi connectivity index (χ4n) is 7.62. The van der Waals surface area contributed by atoms with Crippen molar-refractivity contribution in [2.24, 2.45) is 17.3 Å². The summed E-state index contributed by atoms with van der Waals surface area (Å²) in [5, 5.41) is 12.5. The van der Waals surface area contributed by atoms with E-state index in [-0.39, 0.29) is 18.4 Å². The predicted molar refractivity (Wildman–Crippen MR) is 156 cm³/mol. The molecule has 1 aromatic rings. The Labute approximate surface area is 263 Å². The summed E-state index contributed by atoms with van der Waals surface area (Å²) in [7, 11) is 0. The lowest BCUT2D eigenvalue weighted by molar-refractivity contribution is -0.356. The summed E-state index contributed by atoms with van der Waals surface area (Å²) in [5.41, 5.74) is -6.81. The van der Waals surface area contributed by atoms with E-state index >= 15 is 0 Å². The number of hydrogen-bond donors (Lipinski definition) is 1. The van der Waals surface area contributed by atoms with Crippen molar-refractivity contribution in [3.05, 3.63) is 35.9 Å². The van der Waals surface area contributed by atoms with Gasteiger partial charge in [0.1, 0.15) is 30.3 Å². The molecular formula is C33H44O12. The molecule has 1 N–H and O–H groups in total. The lowest BCUT2D eigenvalue weighted by Gasteiger charge is -2.65. The molecule has 3 aliphatic rings. The molecule has 1 aliphatic heterocycles. The molecule has 45 heavy (non-hydrogen) atoms. The van der Waals surface area contributed by atoms with E-state index in [0.29, 0.717) is 6.42 Å². The maximum absolute atomic E-state index is 13.7. The van der Waals surface area contributed by atoms with Gasteiger partial charge in [-0.25, -0.2) is 4.79 Å². The van der Waals surface area contributed by atoms with Gasteiger partial charge in [0.05, 0.1) is 22.7 Å². The van der Waals surface area contributed by atoms with Crippen LogP contribution in [-0.2, 0) is 47.6 Å². The molecule has 1 unspecified atom stereocenters. The second-order valence-electron chi connectivity index (χ2n) is 13.2. The first-order valence-electron chi connectivity index (χ1n) is 15.3. The summed E-state index contributed by atoms with van der Waals surface area (Å²) >= 11 is 0. The molecule has 2 saturated carbocycles. The summed E-state index contributed by atoms with van der Waals surface area (Å²) in [6.45, 7) is 11.4. The van der Waals surface area contributed by atoms with Crippen molar-refractivity contribution in [2.45, 2.75) is 116 Å². The average Bonchev–Trinajstić information content (AvgIpc) is 3.11. The van der Waals surface area contributed by atoms with Crippen LogP contribution in [0.1, 0.15) is 85.0 Å². The Morgan fingerprint density at radius 1 is 0.911 bits per heavy atom. The highest BCUT2D eigenvalue weighted by Crippen LogP contribution is 2.69. The van der Waals surface area contributed by atoms with Gasteiger partial charge in [-0.05, 0) is 45.7 Å². The van der Waals surface area contributed by atoms with Crippen molar-refractivity contribution in [3.8, 4) is 0 Å². The number of fused-ring (bicyclic) bond motifs is 1. The molecule has 9 atom stereocenters. The molecule has 0 radical (unpaired) electrons. The molecule has 4 rings (SSSR count). The highest BCUT2D eigenvalue weighted by atomic mass is 16.6. The van der Waals surface area contributed by atoms with Crippen LogP contribution < -0.4 is 0 Å². The van der Waals surface area contributed by atoms with Gasteiger partial charge in [0.25, 0.3) is 0 Å². The molecule has 0 aromatic heterocycles. The van der Waals surface area contributed by atoms with Gasteiger partial charge >= 0.3 is 29.8 Å². The molecule has 3 fully saturated rings. The minimum atomic E-state index is -1.99. The van der Waals surface area contributed by atoms with Crippen molar-refractivity contribution in [1.29, 1.82) is 0 Å². The van der Waals surface area contributed by atoms with E-state index in [1.165, 1.54) is 27.7 Å². The molecule has 1 spiro atoms. The Hall–Kier alpha value is -3.51. The van der Waals surface area contributed by atoms with E-state index < -0.39 is 94.9 Å². The third kappa shape index (κ3) is 5.82. The van der Waals surface area contributed by atoms with Crippen LogP contribution in [0.15, 0.2) is 30.3 Å². The topological polar surface area (TPSA) is 161 Å². The molecule has 2 aliphatic carbocycles. The SMILES string of the molecule is CCC(C)C(=O)O[C@H]1[C@@H](OC(C)=O)C[C@](C)(O)[C@]23OC(C)(C)[C@H](C[C@H](OC(=O)c4ccccc4)[C@]12COC(C)=O)[C@H]3OC(C)=O. The van der Waals surface area contributed by atoms with Crippen LogP contribution in [0.5, 0.6) is 0 Å². The number of aliphatic hydroxyl groups is 1. The van der Waals surface area contributed by atoms with Crippen LogP contribution in [0, 0.1) is 17.3 Å². The Morgan fingerprint density at radius 3 is 2.09 bits per heavy atom. The summed E-state index contributed by atoms with van der Waals surface area (Å²) in [5.74, 6) is -4.75. The predicted octanol–water partition coefficient (Wildman–Crippen LogP) is 3.31. The van der Waals surface area contributed by atoms with Crippen molar-refractivity contribution >= 4 is 29.8 Å². The molecule has 12 heteroatoms. The third-order valence-corrected chi connectivity index (χ3v) is 9.70. The molecular weight excluding hydrogens is 588 g/mol. The van der Waals surface area contributed by atoms with E-state index in [1.54, 1.807) is 58.0 Å². The van der Waals surface area contributed by atoms with Crippen LogP contribution in [0.25, 0.3) is 0 Å². The third-order valence-electron chi connectivity index (χ3n) is 9.70. The number of ether oxygens (including phenoxy) is 6. The lowest BCUT2D eigenvalue weighted by atomic mass is 9.46. The number of carbonyl (C=O) groups is 5. The first kappa shape index (κ1) is 34.4. The van der Waals surface area contributed by atoms with Crippen LogP contribution >= 0.6 is 0 Å². The van der Waals surface area contributed by atoms with Gasteiger partial charge in [-0.1, -0.05) is 32.0 Å². The first-order valence-corrected chi connectivity index (χ1v) is 15.3. The second kappa shape index (κ2) is 12.4. The Balaban J connectivity index is 2.07. The van der Waals surface area contributed by atoms with Gasteiger partial charge < -0.3 is 33.5 Å². The molecule has 248 valence electrons. The highest BCUT2D eigenvalue weighted by Gasteiger charge is 2.86. The number of benzene rings is 1. The van der Waals surface area contributed by atoms with Crippen LogP contribution in [-0.4, -0.2) is 82.8 Å². The first-order chi connectivity index (χ1) is 20.9. The fourth-order valence-corrected chi connectivity index (χ4v) is 7.62. The molecule has 1 saturated heterocycles. The quantitative estimate of drug-likeness (QED) is 0.313. The van der Waals surface area contributed by atoms with Gasteiger partial charge in [-0.15, -0.1) is 0 Å². The molecule has 12 nitrogen and oxygen atoms in total. The molecule has 2 bridgehead atoms. The van der Waals surface area contributed by atoms with E-state index in [4.69, 9.17) is 28.4 Å². The zero-order valence-electron chi connectivity index (χ0n) is 27.1. The smallest absolute Gasteiger partial charge is 0.338 e. The van der Waals surface area contributed by atoms with Crippen molar-refractivity contribution in [1.82, 2.24) is 0 Å². The van der Waals surface area contributed by atoms with Crippen LogP contribution in [0.2, 0.25) is 0 Å². The van der Waals surface area contributed by atoms with E-state index in [9.17, 15) is 29.1 Å². The molecule has 0 amide bonds. The number of esters is 5. The molecule has 1 heterocycles. The largest absolute Gasteiger partial charge is 0.465 e. The van der Waals surface area contributed by atoms with E-state index in [1.807, 2.05) is 0 Å². The van der Waals surface area contributed by atoms with Crippen LogP contribution in [0.3, 0.4) is 0 Å². The summed E-state index contributed by atoms with van der Waals surface area (Å²) in [6, 6.07) is 8.20. The van der Waals surface area contributed by atoms with Gasteiger partial charge in [-0.2, -0.15) is 0 Å². The maximum atomic E-state index is 13.7. The van der Waals surface area contributed by atoms with E-state index in [2.05, 4.69) is 0 Å². The maximum Gasteiger partial charge on any atom is 0.338 e. The normalized spacial score (nSPS) is 35.3. The van der Waals surface area contributed by atoms with Crippen molar-refractivity contribution < 1.29 is 57.5 Å². The minimum absolute atomic E-state index is 0.00715. The zero-order valence-corrected chi connectivity index (χ0v) is 27.1. The molecule has 1 aromatic carbocycles. The summed E-state index contributed by atoms with van der Waals surface area (Å²) in [4.78, 5) is 64.9. The van der Waals surface area contributed by atoms with E-state index in [0.717, 1.165) is 0 Å². The second-order valence-corrected chi connectivity index (χ2v) is 13.2. The van der Waals surface area contributed by atoms with Gasteiger partial charge in [0.15, 0.2) is 11.7 Å². The number of carbonyl (C=O) groups excluding carboxylic acids is 5. The Morgan fingerprint density at radius 2 is 1.53 bits per heavy atom. The lowest BCUT2D eigenvalue weighted by Crippen LogP contribution is -2.83. The Bertz CT molecular complexity index is 1320. The van der Waals surface area contributed by atoms with Gasteiger partial charge in [-0.3, -0.25) is 19.2 Å². The van der Waals surface area contributed by atoms with Crippen molar-refractivity contribution in [2.75, 3.05) is 6.61 Å². The number of hydrogen-bond acceptors (Lipinski definition) is 12. The fraction of sp³-hybridized carbons (Fsp3) is 0.667. The number of rotatable bonds is 9. The van der Waals surface area contributed by atoms with Gasteiger partial charge in [0.2, 0.25) is 0 Å². The monoisotopic (exact) mass is 632 g/mol. The minimum Gasteiger partial charge on any atom is -0.465 e. The van der Waals surface area contributed by atoms with Gasteiger partial charge in [0, 0.05) is 33.1 Å². The average molecular weight is 633 g/mol.